The molecule has 9 heteroatoms. The van der Waals surface area contributed by atoms with E-state index in [1.54, 1.807) is 36.0 Å². The van der Waals surface area contributed by atoms with Crippen molar-refractivity contribution in [1.29, 1.82) is 0 Å². The summed E-state index contributed by atoms with van der Waals surface area (Å²) >= 11 is 0. The highest BCUT2D eigenvalue weighted by molar-refractivity contribution is 5.82. The van der Waals surface area contributed by atoms with E-state index in [-0.39, 0.29) is 11.2 Å². The summed E-state index contributed by atoms with van der Waals surface area (Å²) in [6.07, 6.45) is 1.65. The monoisotopic (exact) mass is 416 g/mol. The number of nitrogens with zero attached hydrogens (tertiary/aromatic N) is 5. The zero-order valence-corrected chi connectivity index (χ0v) is 17.2. The first-order chi connectivity index (χ1) is 14.9. The Morgan fingerprint density at radius 3 is 2.48 bits per heavy atom. The van der Waals surface area contributed by atoms with Crippen molar-refractivity contribution in [2.24, 2.45) is 5.10 Å². The Hall–Kier alpha value is -4.27. The molecular formula is C22H20N6O3. The van der Waals surface area contributed by atoms with E-state index in [1.807, 2.05) is 42.8 Å². The van der Waals surface area contributed by atoms with Crippen LogP contribution in [0, 0.1) is 30.9 Å². The summed E-state index contributed by atoms with van der Waals surface area (Å²) in [5, 5.41) is 15.5. The Balaban J connectivity index is 1.67. The fourth-order valence-electron chi connectivity index (χ4n) is 3.52. The number of aromatic nitrogens is 3. The van der Waals surface area contributed by atoms with Crippen molar-refractivity contribution in [3.63, 3.8) is 0 Å². The van der Waals surface area contributed by atoms with E-state index in [9.17, 15) is 14.9 Å². The minimum absolute atomic E-state index is 0.0166. The molecule has 0 atom stereocenters. The number of hydrogen-bond donors (Lipinski definition) is 1. The summed E-state index contributed by atoms with van der Waals surface area (Å²) in [5.41, 5.74) is 6.54. The van der Waals surface area contributed by atoms with Crippen LogP contribution in [0.25, 0.3) is 10.9 Å². The van der Waals surface area contributed by atoms with Crippen molar-refractivity contribution in [3.05, 3.63) is 97.8 Å². The maximum atomic E-state index is 13.1. The molecule has 0 bridgehead atoms. The van der Waals surface area contributed by atoms with Crippen LogP contribution >= 0.6 is 0 Å². The van der Waals surface area contributed by atoms with Crippen LogP contribution in [0.3, 0.4) is 0 Å². The minimum Gasteiger partial charge on any atom is -0.278 e. The molecule has 0 radical (unpaired) electrons. The van der Waals surface area contributed by atoms with E-state index in [2.05, 4.69) is 15.5 Å². The van der Waals surface area contributed by atoms with E-state index in [0.29, 0.717) is 22.4 Å². The lowest BCUT2D eigenvalue weighted by Gasteiger charge is -2.16. The van der Waals surface area contributed by atoms with Crippen molar-refractivity contribution < 1.29 is 4.92 Å². The molecule has 0 unspecified atom stereocenters. The number of nitro benzene ring substituents is 1. The number of benzene rings is 2. The van der Waals surface area contributed by atoms with Gasteiger partial charge in [0.05, 0.1) is 27.7 Å². The molecule has 31 heavy (non-hydrogen) atoms. The van der Waals surface area contributed by atoms with Crippen LogP contribution in [0.15, 0.2) is 64.5 Å². The summed E-state index contributed by atoms with van der Waals surface area (Å²) < 4.78 is 3.39. The zero-order valence-electron chi connectivity index (χ0n) is 17.2. The quantitative estimate of drug-likeness (QED) is 0.303. The predicted octanol–water partition coefficient (Wildman–Crippen LogP) is 3.79. The maximum absolute atomic E-state index is 13.1. The molecular weight excluding hydrogens is 396 g/mol. The van der Waals surface area contributed by atoms with Crippen LogP contribution < -0.4 is 11.0 Å². The highest BCUT2D eigenvalue weighted by Gasteiger charge is 2.15. The zero-order chi connectivity index (χ0) is 22.1. The van der Waals surface area contributed by atoms with Gasteiger partial charge in [-0.3, -0.25) is 25.0 Å². The topological polar surface area (TPSA) is 107 Å². The lowest BCUT2D eigenvalue weighted by Crippen LogP contribution is -2.30. The van der Waals surface area contributed by atoms with E-state index in [1.165, 1.54) is 12.1 Å². The molecule has 4 rings (SSSR count). The Morgan fingerprint density at radius 1 is 1.06 bits per heavy atom. The van der Waals surface area contributed by atoms with Crippen molar-refractivity contribution in [2.75, 3.05) is 5.43 Å². The number of rotatable bonds is 5. The second kappa shape index (κ2) is 7.86. The summed E-state index contributed by atoms with van der Waals surface area (Å²) in [6.45, 7) is 5.62. The molecule has 0 amide bonds. The predicted molar refractivity (Wildman–Crippen MR) is 120 cm³/mol. The van der Waals surface area contributed by atoms with Crippen LogP contribution in [-0.2, 0) is 0 Å². The van der Waals surface area contributed by atoms with Gasteiger partial charge < -0.3 is 0 Å². The second-order valence-corrected chi connectivity index (χ2v) is 7.11. The van der Waals surface area contributed by atoms with Crippen LogP contribution in [0.5, 0.6) is 0 Å². The number of nitrogens with one attached hydrogen (secondary N) is 1. The van der Waals surface area contributed by atoms with Crippen LogP contribution in [0.1, 0.15) is 22.8 Å². The van der Waals surface area contributed by atoms with E-state index < -0.39 is 4.92 Å². The molecule has 0 fully saturated rings. The van der Waals surface area contributed by atoms with Crippen molar-refractivity contribution in [2.45, 2.75) is 20.8 Å². The van der Waals surface area contributed by atoms with Crippen molar-refractivity contribution >= 4 is 28.5 Å². The Bertz CT molecular complexity index is 1380. The fraction of sp³-hybridized carbons (Fsp3) is 0.136. The van der Waals surface area contributed by atoms with Gasteiger partial charge in [0.15, 0.2) is 0 Å². The fourth-order valence-corrected chi connectivity index (χ4v) is 3.52. The summed E-state index contributed by atoms with van der Waals surface area (Å²) in [7, 11) is 0. The van der Waals surface area contributed by atoms with E-state index >= 15 is 0 Å². The molecule has 0 saturated carbocycles. The summed E-state index contributed by atoms with van der Waals surface area (Å²) in [6, 6.07) is 15.2. The first-order valence-electron chi connectivity index (χ1n) is 9.58. The van der Waals surface area contributed by atoms with Gasteiger partial charge in [0.2, 0.25) is 0 Å². The summed E-state index contributed by atoms with van der Waals surface area (Å²) in [4.78, 5) is 28.0. The molecule has 1 N–H and O–H groups in total. The minimum atomic E-state index is -0.451. The maximum Gasteiger partial charge on any atom is 0.280 e. The molecule has 4 aromatic rings. The van der Waals surface area contributed by atoms with Gasteiger partial charge in [-0.15, -0.1) is 0 Å². The normalized spacial score (nSPS) is 11.3. The smallest absolute Gasteiger partial charge is 0.278 e. The average molecular weight is 416 g/mol. The molecule has 2 aromatic heterocycles. The lowest BCUT2D eigenvalue weighted by molar-refractivity contribution is -0.384. The second-order valence-electron chi connectivity index (χ2n) is 7.11. The number of hydrazone groups is 1. The largest absolute Gasteiger partial charge is 0.280 e. The third-order valence-corrected chi connectivity index (χ3v) is 5.02. The lowest BCUT2D eigenvalue weighted by atomic mass is 10.2. The van der Waals surface area contributed by atoms with Gasteiger partial charge >= 0.3 is 0 Å². The third kappa shape index (κ3) is 3.68. The molecule has 2 heterocycles. The van der Waals surface area contributed by atoms with Gasteiger partial charge in [0.1, 0.15) is 5.82 Å². The molecule has 0 aliphatic heterocycles. The van der Waals surface area contributed by atoms with E-state index in [0.717, 1.165) is 17.0 Å². The van der Waals surface area contributed by atoms with Gasteiger partial charge in [0.25, 0.3) is 11.2 Å². The van der Waals surface area contributed by atoms with E-state index in [4.69, 9.17) is 0 Å². The number of para-hydroxylation sites is 1. The number of anilines is 1. The molecule has 156 valence electrons. The number of hydrogen-bond acceptors (Lipinski definition) is 6. The Kier molecular flexibility index (Phi) is 5.08. The molecule has 0 aliphatic carbocycles. The summed E-state index contributed by atoms with van der Waals surface area (Å²) in [5.74, 6) is 0.581. The van der Waals surface area contributed by atoms with Gasteiger partial charge in [0, 0.05) is 29.1 Å². The van der Waals surface area contributed by atoms with Crippen LogP contribution in [0.2, 0.25) is 0 Å². The molecule has 0 aliphatic rings. The van der Waals surface area contributed by atoms with Gasteiger partial charge in [-0.1, -0.05) is 12.1 Å². The number of non-ortho nitro benzene ring substituents is 1. The van der Waals surface area contributed by atoms with Gasteiger partial charge in [-0.25, -0.2) is 4.98 Å². The standard InChI is InChI=1S/C22H20N6O3/c1-14-12-17(13-23-25-18-8-10-19(11-9-18)28(30)31)15(2)26(14)27-16(3)24-21-7-5-4-6-20(21)22(27)29/h4-13,25H,1-3H3. The average Bonchev–Trinajstić information content (AvgIpc) is 3.02. The van der Waals surface area contributed by atoms with Crippen LogP contribution in [-0.4, -0.2) is 25.5 Å². The van der Waals surface area contributed by atoms with Crippen molar-refractivity contribution in [3.8, 4) is 0 Å². The molecule has 0 saturated heterocycles. The highest BCUT2D eigenvalue weighted by atomic mass is 16.6. The first-order valence-corrected chi connectivity index (χ1v) is 9.58. The van der Waals surface area contributed by atoms with Gasteiger partial charge in [-0.2, -0.15) is 9.78 Å². The van der Waals surface area contributed by atoms with Gasteiger partial charge in [-0.05, 0) is 51.1 Å². The SMILES string of the molecule is Cc1cc(C=NNc2ccc([N+](=O)[O-])cc2)c(C)n1-n1c(C)nc2ccccc2c1=O. The van der Waals surface area contributed by atoms with Crippen molar-refractivity contribution in [1.82, 2.24) is 14.3 Å². The first kappa shape index (κ1) is 20.0. The molecule has 2 aromatic carbocycles. The highest BCUT2D eigenvalue weighted by Crippen LogP contribution is 2.17. The van der Waals surface area contributed by atoms with Crippen LogP contribution in [0.4, 0.5) is 11.4 Å². The molecule has 9 nitrogen and oxygen atoms in total. The molecule has 0 spiro atoms. The Labute approximate surface area is 177 Å². The number of nitro groups is 1. The number of aryl methyl sites for hydroxylation is 2. The number of fused-ring (bicyclic) bond motifs is 1. The third-order valence-electron chi connectivity index (χ3n) is 5.02. The Morgan fingerprint density at radius 2 is 1.77 bits per heavy atom.